The third kappa shape index (κ3) is 4.63. The second-order valence-electron chi connectivity index (χ2n) is 7.19. The molecule has 2 aromatic carbocycles. The van der Waals surface area contributed by atoms with Gasteiger partial charge in [-0.05, 0) is 68.7 Å². The van der Waals surface area contributed by atoms with Crippen LogP contribution < -0.4 is 5.32 Å². The summed E-state index contributed by atoms with van der Waals surface area (Å²) in [7, 11) is 0. The van der Waals surface area contributed by atoms with E-state index >= 15 is 0 Å². The average Bonchev–Trinajstić information content (AvgIpc) is 3.33. The van der Waals surface area contributed by atoms with Crippen molar-refractivity contribution in [3.8, 4) is 0 Å². The molecule has 3 aromatic rings. The molecule has 32 heavy (non-hydrogen) atoms. The number of hydrogen-bond donors (Lipinski definition) is 1. The Morgan fingerprint density at radius 2 is 1.72 bits per heavy atom. The number of halogens is 3. The van der Waals surface area contributed by atoms with Crippen molar-refractivity contribution in [3.05, 3.63) is 69.5 Å². The summed E-state index contributed by atoms with van der Waals surface area (Å²) < 4.78 is 41.4. The van der Waals surface area contributed by atoms with Gasteiger partial charge in [-0.15, -0.1) is 10.2 Å². The van der Waals surface area contributed by atoms with Crippen LogP contribution in [0.5, 0.6) is 0 Å². The highest BCUT2D eigenvalue weighted by Gasteiger charge is 2.33. The zero-order chi connectivity index (χ0) is 23.0. The number of aryl methyl sites for hydroxylation is 3. The summed E-state index contributed by atoms with van der Waals surface area (Å²) in [5, 5.41) is 18.5. The van der Waals surface area contributed by atoms with Gasteiger partial charge in [-0.25, -0.2) is 23.2 Å². The number of guanidine groups is 1. The van der Waals surface area contributed by atoms with Gasteiger partial charge in [-0.3, -0.25) is 5.32 Å². The number of nitrogens with one attached hydrogen (secondary N) is 1. The van der Waals surface area contributed by atoms with E-state index in [0.29, 0.717) is 21.8 Å². The maximum atomic E-state index is 14.0. The molecule has 0 spiro atoms. The molecule has 0 amide bonds. The molecule has 0 saturated carbocycles. The summed E-state index contributed by atoms with van der Waals surface area (Å²) in [6, 6.07) is 7.69. The van der Waals surface area contributed by atoms with E-state index < -0.39 is 22.8 Å². The van der Waals surface area contributed by atoms with Crippen LogP contribution in [0.25, 0.3) is 0 Å². The SMILES string of the molecule is CC1=NN(/C(=N\c2ccc(C)c(C)c2)Nc2nnc(C)s2)C(c2cc(F)c(F)c(F)c2)S1. The van der Waals surface area contributed by atoms with Crippen LogP contribution in [0.1, 0.15) is 34.0 Å². The summed E-state index contributed by atoms with van der Waals surface area (Å²) in [6.45, 7) is 7.58. The Morgan fingerprint density at radius 3 is 2.34 bits per heavy atom. The molecule has 1 atom stereocenters. The summed E-state index contributed by atoms with van der Waals surface area (Å²) in [5.74, 6) is -3.73. The minimum atomic E-state index is -1.51. The second-order valence-corrected chi connectivity index (χ2v) is 9.64. The standard InChI is InChI=1S/C21H19F3N6S2/c1-10-5-6-15(7-11(10)2)25-20(26-21-28-27-12(3)32-21)30-19(31-13(4)29-30)14-8-16(22)18(24)17(23)9-14/h5-9,19H,1-4H3,(H,25,26,28). The third-order valence-electron chi connectivity index (χ3n) is 4.73. The molecule has 0 saturated heterocycles. The highest BCUT2D eigenvalue weighted by atomic mass is 32.2. The van der Waals surface area contributed by atoms with E-state index in [0.717, 1.165) is 28.3 Å². The van der Waals surface area contributed by atoms with Gasteiger partial charge in [0.25, 0.3) is 0 Å². The van der Waals surface area contributed by atoms with Crippen molar-refractivity contribution in [2.45, 2.75) is 33.1 Å². The van der Waals surface area contributed by atoms with Crippen LogP contribution >= 0.6 is 23.1 Å². The number of thioether (sulfide) groups is 1. The fraction of sp³-hybridized carbons (Fsp3) is 0.238. The highest BCUT2D eigenvalue weighted by Crippen LogP contribution is 2.41. The molecule has 0 aliphatic carbocycles. The molecule has 6 nitrogen and oxygen atoms in total. The van der Waals surface area contributed by atoms with E-state index in [4.69, 9.17) is 4.99 Å². The summed E-state index contributed by atoms with van der Waals surface area (Å²) in [4.78, 5) is 4.71. The number of hydrogen-bond acceptors (Lipinski definition) is 6. The Kier molecular flexibility index (Phi) is 6.20. The lowest BCUT2D eigenvalue weighted by Gasteiger charge is -2.24. The van der Waals surface area contributed by atoms with Crippen LogP contribution in [0.4, 0.5) is 24.0 Å². The minimum absolute atomic E-state index is 0.218. The van der Waals surface area contributed by atoms with Crippen molar-refractivity contribution in [1.29, 1.82) is 0 Å². The zero-order valence-corrected chi connectivity index (χ0v) is 19.3. The van der Waals surface area contributed by atoms with Crippen LogP contribution in [0, 0.1) is 38.2 Å². The van der Waals surface area contributed by atoms with E-state index in [9.17, 15) is 13.2 Å². The summed E-state index contributed by atoms with van der Waals surface area (Å²) in [6.07, 6.45) is 0. The molecule has 1 aliphatic heterocycles. The molecular formula is C21H19F3N6S2. The van der Waals surface area contributed by atoms with Crippen molar-refractivity contribution in [3.63, 3.8) is 0 Å². The Hall–Kier alpha value is -2.92. The highest BCUT2D eigenvalue weighted by molar-refractivity contribution is 8.14. The van der Waals surface area contributed by atoms with Crippen molar-refractivity contribution in [1.82, 2.24) is 15.2 Å². The van der Waals surface area contributed by atoms with Crippen LogP contribution in [-0.4, -0.2) is 26.2 Å². The quantitative estimate of drug-likeness (QED) is 0.283. The first-order chi connectivity index (χ1) is 15.2. The molecule has 4 rings (SSSR count). The smallest absolute Gasteiger partial charge is 0.227 e. The Labute approximate surface area is 191 Å². The van der Waals surface area contributed by atoms with Crippen molar-refractivity contribution in [2.75, 3.05) is 5.32 Å². The summed E-state index contributed by atoms with van der Waals surface area (Å²) in [5.41, 5.74) is 3.07. The average molecular weight is 477 g/mol. The van der Waals surface area contributed by atoms with E-state index in [1.165, 1.54) is 28.1 Å². The lowest BCUT2D eigenvalue weighted by molar-refractivity contribution is 0.419. The molecule has 1 aromatic heterocycles. The van der Waals surface area contributed by atoms with E-state index in [1.807, 2.05) is 39.0 Å². The third-order valence-corrected chi connectivity index (χ3v) is 6.60. The van der Waals surface area contributed by atoms with Gasteiger partial charge in [-0.1, -0.05) is 29.2 Å². The number of benzene rings is 2. The number of aliphatic imine (C=N–C) groups is 1. The first kappa shape index (κ1) is 22.3. The molecule has 166 valence electrons. The molecule has 0 fully saturated rings. The minimum Gasteiger partial charge on any atom is -0.299 e. The number of hydrazone groups is 1. The van der Waals surface area contributed by atoms with Gasteiger partial charge in [-0.2, -0.15) is 5.10 Å². The predicted octanol–water partition coefficient (Wildman–Crippen LogP) is 6.06. The van der Waals surface area contributed by atoms with Crippen molar-refractivity contribution < 1.29 is 13.2 Å². The van der Waals surface area contributed by atoms with Crippen LogP contribution in [0.15, 0.2) is 40.4 Å². The summed E-state index contributed by atoms with van der Waals surface area (Å²) >= 11 is 2.61. The van der Waals surface area contributed by atoms with Gasteiger partial charge < -0.3 is 0 Å². The van der Waals surface area contributed by atoms with Gasteiger partial charge in [0.15, 0.2) is 17.5 Å². The fourth-order valence-electron chi connectivity index (χ4n) is 3.02. The maximum Gasteiger partial charge on any atom is 0.227 e. The molecule has 2 heterocycles. The number of nitrogens with zero attached hydrogens (tertiary/aromatic N) is 5. The van der Waals surface area contributed by atoms with Gasteiger partial charge in [0, 0.05) is 0 Å². The molecule has 0 bridgehead atoms. The van der Waals surface area contributed by atoms with E-state index in [-0.39, 0.29) is 5.56 Å². The maximum absolute atomic E-state index is 14.0. The topological polar surface area (TPSA) is 65.8 Å². The number of aromatic nitrogens is 2. The van der Waals surface area contributed by atoms with Gasteiger partial charge >= 0.3 is 0 Å². The Morgan fingerprint density at radius 1 is 1.00 bits per heavy atom. The fourth-order valence-corrected chi connectivity index (χ4v) is 4.58. The first-order valence-electron chi connectivity index (χ1n) is 9.60. The van der Waals surface area contributed by atoms with Crippen LogP contribution in [-0.2, 0) is 0 Å². The second kappa shape index (κ2) is 8.91. The molecule has 0 radical (unpaired) electrons. The first-order valence-corrected chi connectivity index (χ1v) is 11.3. The Bertz CT molecular complexity index is 1220. The van der Waals surface area contributed by atoms with Crippen molar-refractivity contribution >= 4 is 44.9 Å². The number of anilines is 1. The van der Waals surface area contributed by atoms with Crippen LogP contribution in [0.3, 0.4) is 0 Å². The largest absolute Gasteiger partial charge is 0.299 e. The predicted molar refractivity (Wildman–Crippen MR) is 123 cm³/mol. The van der Waals surface area contributed by atoms with Crippen molar-refractivity contribution in [2.24, 2.45) is 10.1 Å². The van der Waals surface area contributed by atoms with Crippen LogP contribution in [0.2, 0.25) is 0 Å². The Balaban J connectivity index is 1.78. The normalized spacial score (nSPS) is 16.5. The molecule has 1 N–H and O–H groups in total. The molecular weight excluding hydrogens is 457 g/mol. The zero-order valence-electron chi connectivity index (χ0n) is 17.7. The van der Waals surface area contributed by atoms with E-state index in [2.05, 4.69) is 20.6 Å². The van der Waals surface area contributed by atoms with Gasteiger partial charge in [0.2, 0.25) is 11.1 Å². The number of rotatable bonds is 3. The molecule has 1 aliphatic rings. The van der Waals surface area contributed by atoms with Gasteiger partial charge in [0.05, 0.1) is 10.7 Å². The van der Waals surface area contributed by atoms with Gasteiger partial charge in [0.1, 0.15) is 10.4 Å². The molecule has 1 unspecified atom stereocenters. The molecule has 11 heteroatoms. The van der Waals surface area contributed by atoms with E-state index in [1.54, 1.807) is 6.92 Å². The lowest BCUT2D eigenvalue weighted by atomic mass is 10.1. The monoisotopic (exact) mass is 476 g/mol. The lowest BCUT2D eigenvalue weighted by Crippen LogP contribution is -2.32.